The molecule has 1 aromatic carbocycles. The molecule has 0 aliphatic heterocycles. The summed E-state index contributed by atoms with van der Waals surface area (Å²) >= 11 is 0. The Bertz CT molecular complexity index is 648. The molecule has 0 aliphatic carbocycles. The van der Waals surface area contributed by atoms with E-state index >= 15 is 0 Å². The lowest BCUT2D eigenvalue weighted by molar-refractivity contribution is -0.141. The highest BCUT2D eigenvalue weighted by molar-refractivity contribution is 5.81. The zero-order valence-electron chi connectivity index (χ0n) is 18.9. The molecule has 2 unspecified atom stereocenters. The van der Waals surface area contributed by atoms with Crippen LogP contribution in [0.15, 0.2) is 18.2 Å². The van der Waals surface area contributed by atoms with Crippen molar-refractivity contribution < 1.29 is 19.8 Å². The lowest BCUT2D eigenvalue weighted by Gasteiger charge is -2.27. The SMILES string of the molecule is CCCCCCCCCc1cccc(C(C(=O)O)C(C)C)c1C(C(=O)O)C(C)C. The van der Waals surface area contributed by atoms with Gasteiger partial charge < -0.3 is 10.2 Å². The van der Waals surface area contributed by atoms with Gasteiger partial charge in [-0.05, 0) is 41.4 Å². The van der Waals surface area contributed by atoms with Gasteiger partial charge in [0.25, 0.3) is 0 Å². The Labute approximate surface area is 176 Å². The molecular weight excluding hydrogens is 364 g/mol. The minimum atomic E-state index is -0.887. The summed E-state index contributed by atoms with van der Waals surface area (Å²) in [5, 5.41) is 19.8. The highest BCUT2D eigenvalue weighted by Crippen LogP contribution is 2.38. The normalized spacial score (nSPS) is 13.6. The van der Waals surface area contributed by atoms with E-state index in [2.05, 4.69) is 6.92 Å². The molecule has 164 valence electrons. The Kier molecular flexibility index (Phi) is 11.0. The standard InChI is InChI=1S/C25H40O4/c1-6-7-8-9-10-11-12-14-19-15-13-16-20(21(17(2)3)24(26)27)23(19)22(18(4)5)25(28)29/h13,15-18,21-22H,6-12,14H2,1-5H3,(H,26,27)(H,28,29). The second-order valence-corrected chi connectivity index (χ2v) is 8.91. The van der Waals surface area contributed by atoms with E-state index in [4.69, 9.17) is 0 Å². The number of benzene rings is 1. The zero-order chi connectivity index (χ0) is 22.0. The smallest absolute Gasteiger partial charge is 0.311 e. The number of carbonyl (C=O) groups is 2. The second kappa shape index (κ2) is 12.7. The molecular formula is C25H40O4. The maximum atomic E-state index is 12.1. The summed E-state index contributed by atoms with van der Waals surface area (Å²) in [6.07, 6.45) is 9.18. The fourth-order valence-corrected chi connectivity index (χ4v) is 4.29. The molecule has 0 aromatic heterocycles. The number of rotatable bonds is 14. The Morgan fingerprint density at radius 2 is 1.31 bits per heavy atom. The van der Waals surface area contributed by atoms with Crippen LogP contribution >= 0.6 is 0 Å². The summed E-state index contributed by atoms with van der Waals surface area (Å²) in [6, 6.07) is 5.71. The highest BCUT2D eigenvalue weighted by Gasteiger charge is 2.34. The fourth-order valence-electron chi connectivity index (χ4n) is 4.29. The van der Waals surface area contributed by atoms with E-state index in [1.165, 1.54) is 32.1 Å². The lowest BCUT2D eigenvalue weighted by atomic mass is 9.76. The number of aryl methyl sites for hydroxylation is 1. The van der Waals surface area contributed by atoms with Gasteiger partial charge in [-0.2, -0.15) is 0 Å². The number of aliphatic carboxylic acids is 2. The molecule has 4 nitrogen and oxygen atoms in total. The van der Waals surface area contributed by atoms with E-state index in [0.29, 0.717) is 5.56 Å². The molecule has 1 aromatic rings. The molecule has 0 aliphatic rings. The van der Waals surface area contributed by atoms with E-state index in [-0.39, 0.29) is 11.8 Å². The van der Waals surface area contributed by atoms with Gasteiger partial charge in [0.15, 0.2) is 0 Å². The van der Waals surface area contributed by atoms with E-state index in [9.17, 15) is 19.8 Å². The van der Waals surface area contributed by atoms with Crippen molar-refractivity contribution >= 4 is 11.9 Å². The molecule has 0 saturated carbocycles. The van der Waals surface area contributed by atoms with Crippen LogP contribution in [0.4, 0.5) is 0 Å². The predicted octanol–water partition coefficient (Wildman–Crippen LogP) is 6.63. The minimum Gasteiger partial charge on any atom is -0.481 e. The number of unbranched alkanes of at least 4 members (excludes halogenated alkanes) is 6. The average molecular weight is 405 g/mol. The molecule has 4 heteroatoms. The topological polar surface area (TPSA) is 74.6 Å². The summed E-state index contributed by atoms with van der Waals surface area (Å²) in [7, 11) is 0. The van der Waals surface area contributed by atoms with Crippen molar-refractivity contribution in [2.24, 2.45) is 11.8 Å². The number of carboxylic acid groups (broad SMARTS) is 2. The third-order valence-corrected chi connectivity index (χ3v) is 5.79. The van der Waals surface area contributed by atoms with E-state index < -0.39 is 23.8 Å². The van der Waals surface area contributed by atoms with Crippen LogP contribution in [0.3, 0.4) is 0 Å². The first-order valence-corrected chi connectivity index (χ1v) is 11.3. The van der Waals surface area contributed by atoms with Gasteiger partial charge in [0.05, 0.1) is 11.8 Å². The van der Waals surface area contributed by atoms with Crippen molar-refractivity contribution in [2.45, 2.75) is 97.8 Å². The van der Waals surface area contributed by atoms with Crippen LogP contribution in [-0.2, 0) is 16.0 Å². The number of carboxylic acids is 2. The third kappa shape index (κ3) is 7.49. The second-order valence-electron chi connectivity index (χ2n) is 8.91. The maximum Gasteiger partial charge on any atom is 0.311 e. The van der Waals surface area contributed by atoms with Crippen LogP contribution < -0.4 is 0 Å². The molecule has 29 heavy (non-hydrogen) atoms. The van der Waals surface area contributed by atoms with Crippen molar-refractivity contribution in [2.75, 3.05) is 0 Å². The lowest BCUT2D eigenvalue weighted by Crippen LogP contribution is -2.25. The first-order chi connectivity index (χ1) is 13.7. The van der Waals surface area contributed by atoms with Crippen LogP contribution in [0.2, 0.25) is 0 Å². The summed E-state index contributed by atoms with van der Waals surface area (Å²) in [4.78, 5) is 24.1. The Morgan fingerprint density at radius 1 is 0.793 bits per heavy atom. The molecule has 2 N–H and O–H groups in total. The van der Waals surface area contributed by atoms with Crippen LogP contribution in [-0.4, -0.2) is 22.2 Å². The third-order valence-electron chi connectivity index (χ3n) is 5.79. The Balaban J connectivity index is 3.19. The van der Waals surface area contributed by atoms with Crippen LogP contribution in [0.1, 0.15) is 108 Å². The number of hydrogen-bond donors (Lipinski definition) is 2. The van der Waals surface area contributed by atoms with Gasteiger partial charge in [0.1, 0.15) is 0 Å². The average Bonchev–Trinajstić information content (AvgIpc) is 2.61. The van der Waals surface area contributed by atoms with Gasteiger partial charge in [0, 0.05) is 0 Å². The summed E-state index contributed by atoms with van der Waals surface area (Å²) in [5.41, 5.74) is 2.42. The molecule has 0 fully saturated rings. The predicted molar refractivity (Wildman–Crippen MR) is 119 cm³/mol. The molecule has 0 saturated heterocycles. The van der Waals surface area contributed by atoms with Crippen molar-refractivity contribution in [3.8, 4) is 0 Å². The highest BCUT2D eigenvalue weighted by atomic mass is 16.4. The van der Waals surface area contributed by atoms with Gasteiger partial charge in [-0.25, -0.2) is 0 Å². The molecule has 2 atom stereocenters. The van der Waals surface area contributed by atoms with Gasteiger partial charge in [-0.1, -0.05) is 91.3 Å². The monoisotopic (exact) mass is 404 g/mol. The van der Waals surface area contributed by atoms with Crippen LogP contribution in [0, 0.1) is 11.8 Å². The Morgan fingerprint density at radius 3 is 1.79 bits per heavy atom. The molecule has 0 bridgehead atoms. The fraction of sp³-hybridized carbons (Fsp3) is 0.680. The van der Waals surface area contributed by atoms with Gasteiger partial charge in [-0.3, -0.25) is 9.59 Å². The molecule has 0 spiro atoms. The summed E-state index contributed by atoms with van der Waals surface area (Å²) in [5.74, 6) is -3.36. The first-order valence-electron chi connectivity index (χ1n) is 11.3. The van der Waals surface area contributed by atoms with Gasteiger partial charge in [0.2, 0.25) is 0 Å². The van der Waals surface area contributed by atoms with E-state index in [1.54, 1.807) is 0 Å². The van der Waals surface area contributed by atoms with Crippen LogP contribution in [0.5, 0.6) is 0 Å². The number of hydrogen-bond acceptors (Lipinski definition) is 2. The molecule has 1 rings (SSSR count). The van der Waals surface area contributed by atoms with Crippen molar-refractivity contribution in [3.05, 3.63) is 34.9 Å². The molecule has 0 heterocycles. The molecule has 0 radical (unpaired) electrons. The summed E-state index contributed by atoms with van der Waals surface area (Å²) < 4.78 is 0. The van der Waals surface area contributed by atoms with Crippen molar-refractivity contribution in [1.82, 2.24) is 0 Å². The van der Waals surface area contributed by atoms with E-state index in [1.807, 2.05) is 45.9 Å². The van der Waals surface area contributed by atoms with Gasteiger partial charge >= 0.3 is 11.9 Å². The Hall–Kier alpha value is -1.84. The van der Waals surface area contributed by atoms with Crippen molar-refractivity contribution in [3.63, 3.8) is 0 Å². The summed E-state index contributed by atoms with van der Waals surface area (Å²) in [6.45, 7) is 9.79. The largest absolute Gasteiger partial charge is 0.481 e. The van der Waals surface area contributed by atoms with Gasteiger partial charge in [-0.15, -0.1) is 0 Å². The van der Waals surface area contributed by atoms with E-state index in [0.717, 1.165) is 30.4 Å². The minimum absolute atomic E-state index is 0.108. The first kappa shape index (κ1) is 25.2. The van der Waals surface area contributed by atoms with Crippen molar-refractivity contribution in [1.29, 1.82) is 0 Å². The zero-order valence-corrected chi connectivity index (χ0v) is 18.9. The molecule has 0 amide bonds. The van der Waals surface area contributed by atoms with Crippen LogP contribution in [0.25, 0.3) is 0 Å². The quantitative estimate of drug-likeness (QED) is 0.341. The maximum absolute atomic E-state index is 12.1.